The zero-order valence-electron chi connectivity index (χ0n) is 16.5. The molecule has 3 aromatic rings. The smallest absolute Gasteiger partial charge is 0.345 e. The molecule has 4 rings (SSSR count). The van der Waals surface area contributed by atoms with Crippen molar-refractivity contribution >= 4 is 11.6 Å². The van der Waals surface area contributed by atoms with Crippen molar-refractivity contribution in [2.75, 3.05) is 0 Å². The maximum Gasteiger partial charge on any atom is 0.345 e. The highest BCUT2D eigenvalue weighted by atomic mass is 16.4. The number of allylic oxidation sites excluding steroid dienone is 1. The van der Waals surface area contributed by atoms with E-state index in [9.17, 15) is 9.90 Å². The molecule has 0 amide bonds. The second kappa shape index (κ2) is 8.50. The highest BCUT2D eigenvalue weighted by Gasteiger charge is 2.30. The first-order valence-corrected chi connectivity index (χ1v) is 10.1. The van der Waals surface area contributed by atoms with Crippen molar-refractivity contribution in [3.63, 3.8) is 0 Å². The Morgan fingerprint density at radius 1 is 1.14 bits per heavy atom. The molecule has 0 bridgehead atoms. The summed E-state index contributed by atoms with van der Waals surface area (Å²) in [5, 5.41) is 14.2. The van der Waals surface area contributed by atoms with Gasteiger partial charge in [-0.2, -0.15) is 0 Å². The molecule has 1 saturated carbocycles. The fraction of sp³-hybridized carbons (Fsp3) is 0.240. The van der Waals surface area contributed by atoms with Crippen LogP contribution in [-0.4, -0.2) is 11.1 Å². The van der Waals surface area contributed by atoms with E-state index in [1.807, 2.05) is 66.7 Å². The third-order valence-electron chi connectivity index (χ3n) is 5.23. The molecule has 2 aromatic carbocycles. The Bertz CT molecular complexity index is 1050. The van der Waals surface area contributed by atoms with Gasteiger partial charge in [0.05, 0.1) is 6.04 Å². The molecule has 1 aliphatic rings. The van der Waals surface area contributed by atoms with Gasteiger partial charge in [0.25, 0.3) is 0 Å². The van der Waals surface area contributed by atoms with Crippen molar-refractivity contribution < 1.29 is 9.52 Å². The summed E-state index contributed by atoms with van der Waals surface area (Å²) in [6.45, 7) is 2.05. The number of rotatable bonds is 7. The molecule has 1 fully saturated rings. The molecule has 0 aliphatic heterocycles. The number of aromatic hydroxyl groups is 1. The van der Waals surface area contributed by atoms with Crippen molar-refractivity contribution in [3.05, 3.63) is 99.6 Å². The van der Waals surface area contributed by atoms with Gasteiger partial charge in [-0.3, -0.25) is 0 Å². The lowest BCUT2D eigenvalue weighted by Crippen LogP contribution is -2.29. The van der Waals surface area contributed by atoms with E-state index in [0.29, 0.717) is 11.8 Å². The lowest BCUT2D eigenvalue weighted by atomic mass is 9.98. The summed E-state index contributed by atoms with van der Waals surface area (Å²) in [5.41, 5.74) is 2.79. The third kappa shape index (κ3) is 4.49. The summed E-state index contributed by atoms with van der Waals surface area (Å²) >= 11 is 0. The van der Waals surface area contributed by atoms with Gasteiger partial charge in [-0.1, -0.05) is 67.6 Å². The highest BCUT2D eigenvalue weighted by Crippen LogP contribution is 2.32. The van der Waals surface area contributed by atoms with Crippen LogP contribution in [0.4, 0.5) is 0 Å². The van der Waals surface area contributed by atoms with Crippen molar-refractivity contribution in [1.29, 1.82) is 0 Å². The average molecular weight is 387 g/mol. The predicted molar refractivity (Wildman–Crippen MR) is 116 cm³/mol. The molecule has 148 valence electrons. The molecule has 1 aromatic heterocycles. The Hall–Kier alpha value is -3.11. The highest BCUT2D eigenvalue weighted by molar-refractivity contribution is 5.80. The molecule has 1 heterocycles. The van der Waals surface area contributed by atoms with Crippen molar-refractivity contribution in [2.45, 2.75) is 38.3 Å². The Labute approximate surface area is 170 Å². The van der Waals surface area contributed by atoms with Gasteiger partial charge in [0.15, 0.2) is 0 Å². The van der Waals surface area contributed by atoms with Crippen LogP contribution in [0.1, 0.15) is 54.7 Å². The van der Waals surface area contributed by atoms with Crippen LogP contribution in [0, 0.1) is 0 Å². The molecule has 2 N–H and O–H groups in total. The van der Waals surface area contributed by atoms with Crippen LogP contribution >= 0.6 is 0 Å². The minimum absolute atomic E-state index is 0.0435. The van der Waals surface area contributed by atoms with E-state index in [1.54, 1.807) is 6.07 Å². The van der Waals surface area contributed by atoms with Crippen LogP contribution in [0.2, 0.25) is 0 Å². The van der Waals surface area contributed by atoms with E-state index >= 15 is 0 Å². The molecule has 1 atom stereocenters. The predicted octanol–water partition coefficient (Wildman–Crippen LogP) is 5.14. The summed E-state index contributed by atoms with van der Waals surface area (Å²) in [6.07, 6.45) is 4.76. The molecule has 29 heavy (non-hydrogen) atoms. The summed E-state index contributed by atoms with van der Waals surface area (Å²) < 4.78 is 5.62. The summed E-state index contributed by atoms with van der Waals surface area (Å²) in [4.78, 5) is 12.9. The lowest BCUT2D eigenvalue weighted by Gasteiger charge is -2.19. The molecule has 1 unspecified atom stereocenters. The topological polar surface area (TPSA) is 62.5 Å². The zero-order valence-corrected chi connectivity index (χ0v) is 16.5. The van der Waals surface area contributed by atoms with Gasteiger partial charge in [-0.15, -0.1) is 0 Å². The van der Waals surface area contributed by atoms with Gasteiger partial charge in [0.2, 0.25) is 0 Å². The van der Waals surface area contributed by atoms with E-state index < -0.39 is 11.7 Å². The van der Waals surface area contributed by atoms with E-state index in [2.05, 4.69) is 12.2 Å². The fourth-order valence-corrected chi connectivity index (χ4v) is 3.54. The Morgan fingerprint density at radius 2 is 1.79 bits per heavy atom. The SMILES string of the molecule is CCC(=Cc1cc(O)c(C(NC2CC2)c2ccccc2)c(=O)o1)c1ccccc1. The first-order chi connectivity index (χ1) is 14.2. The molecular formula is C25H25NO3. The number of benzene rings is 2. The van der Waals surface area contributed by atoms with Crippen LogP contribution in [0.5, 0.6) is 5.75 Å². The monoisotopic (exact) mass is 387 g/mol. The molecule has 0 spiro atoms. The van der Waals surface area contributed by atoms with Gasteiger partial charge < -0.3 is 14.8 Å². The molecule has 0 radical (unpaired) electrons. The maximum absolute atomic E-state index is 12.9. The Balaban J connectivity index is 1.73. The second-order valence-corrected chi connectivity index (χ2v) is 7.41. The quantitative estimate of drug-likeness (QED) is 0.589. The van der Waals surface area contributed by atoms with Crippen LogP contribution in [0.3, 0.4) is 0 Å². The summed E-state index contributed by atoms with van der Waals surface area (Å²) in [5.74, 6) is 0.313. The third-order valence-corrected chi connectivity index (χ3v) is 5.23. The maximum atomic E-state index is 12.9. The van der Waals surface area contributed by atoms with Gasteiger partial charge in [-0.05, 0) is 42.0 Å². The minimum atomic E-state index is -0.512. The van der Waals surface area contributed by atoms with Crippen molar-refractivity contribution in [1.82, 2.24) is 5.32 Å². The Kier molecular flexibility index (Phi) is 5.63. The number of hydrogen-bond acceptors (Lipinski definition) is 4. The molecule has 4 heteroatoms. The second-order valence-electron chi connectivity index (χ2n) is 7.41. The molecular weight excluding hydrogens is 362 g/mol. The van der Waals surface area contributed by atoms with Gasteiger partial charge in [0.1, 0.15) is 17.1 Å². The fourth-order valence-electron chi connectivity index (χ4n) is 3.54. The normalized spacial score (nSPS) is 15.3. The first-order valence-electron chi connectivity index (χ1n) is 10.1. The van der Waals surface area contributed by atoms with E-state index in [4.69, 9.17) is 4.42 Å². The molecule has 0 saturated heterocycles. The number of hydrogen-bond donors (Lipinski definition) is 2. The Morgan fingerprint density at radius 3 is 2.38 bits per heavy atom. The largest absolute Gasteiger partial charge is 0.507 e. The van der Waals surface area contributed by atoms with Crippen LogP contribution < -0.4 is 10.9 Å². The standard InChI is InChI=1S/C25H25NO3/c1-2-17(18-9-5-3-6-10-18)15-21-16-22(27)23(25(28)29-21)24(26-20-13-14-20)19-11-7-4-8-12-19/h3-12,15-16,20,24,26-27H,2,13-14H2,1H3. The van der Waals surface area contributed by atoms with Crippen LogP contribution in [0.25, 0.3) is 11.6 Å². The van der Waals surface area contributed by atoms with Gasteiger partial charge >= 0.3 is 5.63 Å². The van der Waals surface area contributed by atoms with Crippen LogP contribution in [-0.2, 0) is 0 Å². The molecule has 4 nitrogen and oxygen atoms in total. The lowest BCUT2D eigenvalue weighted by molar-refractivity contribution is 0.416. The van der Waals surface area contributed by atoms with E-state index in [0.717, 1.165) is 36.0 Å². The summed E-state index contributed by atoms with van der Waals surface area (Å²) in [7, 11) is 0. The first kappa shape index (κ1) is 19.2. The molecule has 1 aliphatic carbocycles. The summed E-state index contributed by atoms with van der Waals surface area (Å²) in [6, 6.07) is 21.2. The van der Waals surface area contributed by atoms with Crippen LogP contribution in [0.15, 0.2) is 75.9 Å². The minimum Gasteiger partial charge on any atom is -0.507 e. The van der Waals surface area contributed by atoms with E-state index in [-0.39, 0.29) is 11.3 Å². The zero-order chi connectivity index (χ0) is 20.2. The van der Waals surface area contributed by atoms with Crippen molar-refractivity contribution in [2.24, 2.45) is 0 Å². The van der Waals surface area contributed by atoms with Gasteiger partial charge in [0, 0.05) is 12.1 Å². The number of nitrogens with one attached hydrogen (secondary N) is 1. The average Bonchev–Trinajstić information content (AvgIpc) is 3.56. The van der Waals surface area contributed by atoms with Gasteiger partial charge in [-0.25, -0.2) is 4.79 Å². The van der Waals surface area contributed by atoms with Crippen molar-refractivity contribution in [3.8, 4) is 5.75 Å². The van der Waals surface area contributed by atoms with E-state index in [1.165, 1.54) is 0 Å².